The highest BCUT2D eigenvalue weighted by Crippen LogP contribution is 2.24. The number of anilines is 1. The molecule has 0 spiro atoms. The zero-order valence-corrected chi connectivity index (χ0v) is 10.1. The van der Waals surface area contributed by atoms with Crippen LogP contribution in [0.25, 0.3) is 11.4 Å². The summed E-state index contributed by atoms with van der Waals surface area (Å²) >= 11 is 0. The lowest BCUT2D eigenvalue weighted by Crippen LogP contribution is -2.03. The van der Waals surface area contributed by atoms with E-state index >= 15 is 0 Å². The Morgan fingerprint density at radius 2 is 2.06 bits per heavy atom. The molecule has 5 heteroatoms. The van der Waals surface area contributed by atoms with Crippen LogP contribution in [-0.2, 0) is 13.0 Å². The zero-order valence-electron chi connectivity index (χ0n) is 10.1. The molecule has 3 rings (SSSR count). The van der Waals surface area contributed by atoms with Crippen molar-refractivity contribution in [3.63, 3.8) is 0 Å². The minimum Gasteiger partial charge on any atom is -0.396 e. The first-order chi connectivity index (χ1) is 8.75. The Balaban J connectivity index is 2.06. The number of hydrogen-bond donors (Lipinski definition) is 1. The molecule has 0 fully saturated rings. The second kappa shape index (κ2) is 4.40. The number of aromatic nitrogens is 3. The molecule has 4 nitrogen and oxygen atoms in total. The lowest BCUT2D eigenvalue weighted by atomic mass is 10.2. The van der Waals surface area contributed by atoms with Crippen LogP contribution in [0.2, 0.25) is 0 Å². The number of fused-ring (bicyclic) bond motifs is 1. The molecule has 0 saturated carbocycles. The zero-order chi connectivity index (χ0) is 12.5. The van der Waals surface area contributed by atoms with Crippen LogP contribution in [0.3, 0.4) is 0 Å². The van der Waals surface area contributed by atoms with Crippen molar-refractivity contribution in [3.8, 4) is 11.4 Å². The molecule has 1 aromatic heterocycles. The van der Waals surface area contributed by atoms with Gasteiger partial charge in [0, 0.05) is 18.5 Å². The molecule has 0 unspecified atom stereocenters. The second-order valence-electron chi connectivity index (χ2n) is 4.64. The van der Waals surface area contributed by atoms with Crippen LogP contribution in [0.1, 0.15) is 25.1 Å². The number of halogens is 1. The number of nitrogen functional groups attached to an aromatic ring is 1. The average Bonchev–Trinajstić information content (AvgIpc) is 2.62. The Hall–Kier alpha value is -1.91. The molecule has 1 aromatic carbocycles. The van der Waals surface area contributed by atoms with E-state index in [1.807, 2.05) is 0 Å². The van der Waals surface area contributed by atoms with Gasteiger partial charge in [-0.3, -0.25) is 0 Å². The SMILES string of the molecule is Nc1ccc(-c2nnc3n2CCCCC3)cc1F. The molecule has 0 aliphatic carbocycles. The maximum absolute atomic E-state index is 13.5. The molecule has 0 saturated heterocycles. The van der Waals surface area contributed by atoms with E-state index in [0.717, 1.165) is 43.0 Å². The lowest BCUT2D eigenvalue weighted by molar-refractivity contribution is 0.628. The van der Waals surface area contributed by atoms with E-state index in [1.54, 1.807) is 12.1 Å². The van der Waals surface area contributed by atoms with Crippen molar-refractivity contribution in [3.05, 3.63) is 29.8 Å². The highest BCUT2D eigenvalue weighted by Gasteiger charge is 2.16. The quantitative estimate of drug-likeness (QED) is 0.786. The largest absolute Gasteiger partial charge is 0.396 e. The third kappa shape index (κ3) is 1.85. The molecule has 0 atom stereocenters. The summed E-state index contributed by atoms with van der Waals surface area (Å²) in [6.07, 6.45) is 4.42. The van der Waals surface area contributed by atoms with Gasteiger partial charge in [0.25, 0.3) is 0 Å². The second-order valence-corrected chi connectivity index (χ2v) is 4.64. The smallest absolute Gasteiger partial charge is 0.164 e. The highest BCUT2D eigenvalue weighted by molar-refractivity contribution is 5.59. The van der Waals surface area contributed by atoms with Gasteiger partial charge in [-0.15, -0.1) is 10.2 Å². The van der Waals surface area contributed by atoms with Crippen LogP contribution in [0.4, 0.5) is 10.1 Å². The summed E-state index contributed by atoms with van der Waals surface area (Å²) in [6, 6.07) is 4.79. The molecule has 94 valence electrons. The Morgan fingerprint density at radius 1 is 1.17 bits per heavy atom. The van der Waals surface area contributed by atoms with Crippen molar-refractivity contribution < 1.29 is 4.39 Å². The van der Waals surface area contributed by atoms with E-state index in [4.69, 9.17) is 5.73 Å². The molecule has 2 aromatic rings. The van der Waals surface area contributed by atoms with E-state index in [0.29, 0.717) is 0 Å². The summed E-state index contributed by atoms with van der Waals surface area (Å²) in [5.74, 6) is 1.34. The average molecular weight is 246 g/mol. The summed E-state index contributed by atoms with van der Waals surface area (Å²) in [6.45, 7) is 0.906. The van der Waals surface area contributed by atoms with Gasteiger partial charge in [-0.25, -0.2) is 4.39 Å². The summed E-state index contributed by atoms with van der Waals surface area (Å²) in [5, 5.41) is 8.39. The fraction of sp³-hybridized carbons (Fsp3) is 0.385. The van der Waals surface area contributed by atoms with Gasteiger partial charge in [-0.05, 0) is 31.0 Å². The molecule has 2 heterocycles. The standard InChI is InChI=1S/C13H15FN4/c14-10-8-9(5-6-11(10)15)13-17-16-12-4-2-1-3-7-18(12)13/h5-6,8H,1-4,7,15H2. The maximum Gasteiger partial charge on any atom is 0.164 e. The number of nitrogens with two attached hydrogens (primary N) is 1. The van der Waals surface area contributed by atoms with Gasteiger partial charge in [0.05, 0.1) is 5.69 Å². The highest BCUT2D eigenvalue weighted by atomic mass is 19.1. The summed E-state index contributed by atoms with van der Waals surface area (Å²) < 4.78 is 15.6. The van der Waals surface area contributed by atoms with Crippen molar-refractivity contribution in [1.29, 1.82) is 0 Å². The fourth-order valence-electron chi connectivity index (χ4n) is 2.36. The summed E-state index contributed by atoms with van der Waals surface area (Å²) in [5.41, 5.74) is 6.39. The molecule has 1 aliphatic rings. The van der Waals surface area contributed by atoms with E-state index < -0.39 is 5.82 Å². The predicted molar refractivity (Wildman–Crippen MR) is 67.4 cm³/mol. The molecule has 0 bridgehead atoms. The number of benzene rings is 1. The molecule has 2 N–H and O–H groups in total. The van der Waals surface area contributed by atoms with Gasteiger partial charge in [0.15, 0.2) is 5.82 Å². The molecule has 0 amide bonds. The molecule has 0 radical (unpaired) electrons. The number of aryl methyl sites for hydroxylation is 1. The number of rotatable bonds is 1. The minimum absolute atomic E-state index is 0.161. The summed E-state index contributed by atoms with van der Waals surface area (Å²) in [4.78, 5) is 0. The fourth-order valence-corrected chi connectivity index (χ4v) is 2.36. The summed E-state index contributed by atoms with van der Waals surface area (Å²) in [7, 11) is 0. The van der Waals surface area contributed by atoms with Crippen LogP contribution in [0.5, 0.6) is 0 Å². The van der Waals surface area contributed by atoms with E-state index in [9.17, 15) is 4.39 Å². The lowest BCUT2D eigenvalue weighted by Gasteiger charge is -2.07. The van der Waals surface area contributed by atoms with Crippen LogP contribution in [0, 0.1) is 5.82 Å². The Kier molecular flexibility index (Phi) is 2.74. The third-order valence-corrected chi connectivity index (χ3v) is 3.37. The number of hydrogen-bond acceptors (Lipinski definition) is 3. The molecular formula is C13H15FN4. The van der Waals surface area contributed by atoms with Crippen molar-refractivity contribution in [2.24, 2.45) is 0 Å². The van der Waals surface area contributed by atoms with Gasteiger partial charge >= 0.3 is 0 Å². The first-order valence-corrected chi connectivity index (χ1v) is 6.23. The molecular weight excluding hydrogens is 231 g/mol. The van der Waals surface area contributed by atoms with Crippen molar-refractivity contribution in [2.45, 2.75) is 32.2 Å². The number of nitrogens with zero attached hydrogens (tertiary/aromatic N) is 3. The molecule has 18 heavy (non-hydrogen) atoms. The maximum atomic E-state index is 13.5. The predicted octanol–water partition coefficient (Wildman–Crippen LogP) is 2.39. The first kappa shape index (κ1) is 11.2. The normalized spacial score (nSPS) is 15.2. The van der Waals surface area contributed by atoms with Crippen molar-refractivity contribution in [1.82, 2.24) is 14.8 Å². The van der Waals surface area contributed by atoms with Gasteiger partial charge in [0.2, 0.25) is 0 Å². The third-order valence-electron chi connectivity index (χ3n) is 3.37. The topological polar surface area (TPSA) is 56.7 Å². The molecule has 1 aliphatic heterocycles. The van der Waals surface area contributed by atoms with Gasteiger partial charge in [-0.2, -0.15) is 0 Å². The Labute approximate surface area is 105 Å². The Morgan fingerprint density at radius 3 is 2.89 bits per heavy atom. The van der Waals surface area contributed by atoms with Gasteiger partial charge in [-0.1, -0.05) is 6.42 Å². The van der Waals surface area contributed by atoms with Crippen molar-refractivity contribution in [2.75, 3.05) is 5.73 Å². The first-order valence-electron chi connectivity index (χ1n) is 6.23. The van der Waals surface area contributed by atoms with E-state index in [1.165, 1.54) is 12.5 Å². The van der Waals surface area contributed by atoms with E-state index in [2.05, 4.69) is 14.8 Å². The van der Waals surface area contributed by atoms with Crippen LogP contribution in [-0.4, -0.2) is 14.8 Å². The van der Waals surface area contributed by atoms with Crippen LogP contribution >= 0.6 is 0 Å². The monoisotopic (exact) mass is 246 g/mol. The van der Waals surface area contributed by atoms with E-state index in [-0.39, 0.29) is 5.69 Å². The van der Waals surface area contributed by atoms with Gasteiger partial charge in [0.1, 0.15) is 11.6 Å². The van der Waals surface area contributed by atoms with Crippen LogP contribution < -0.4 is 5.73 Å². The van der Waals surface area contributed by atoms with Crippen LogP contribution in [0.15, 0.2) is 18.2 Å². The van der Waals surface area contributed by atoms with Crippen molar-refractivity contribution >= 4 is 5.69 Å². The van der Waals surface area contributed by atoms with Gasteiger partial charge < -0.3 is 10.3 Å². The Bertz CT molecular complexity index is 576. The minimum atomic E-state index is -0.404.